The number of rotatable bonds is 7. The molecule has 9 heteroatoms. The van der Waals surface area contributed by atoms with E-state index in [2.05, 4.69) is 27.5 Å². The van der Waals surface area contributed by atoms with E-state index in [1.54, 1.807) is 18.2 Å². The molecule has 0 bridgehead atoms. The topological polar surface area (TPSA) is 92.1 Å². The Hall–Kier alpha value is -3.10. The third-order valence-electron chi connectivity index (χ3n) is 4.77. The van der Waals surface area contributed by atoms with Gasteiger partial charge in [-0.25, -0.2) is 9.61 Å². The quantitative estimate of drug-likeness (QED) is 0.416. The predicted octanol–water partition coefficient (Wildman–Crippen LogP) is 3.71. The molecule has 0 unspecified atom stereocenters. The second kappa shape index (κ2) is 9.36. The molecule has 0 aliphatic carbocycles. The summed E-state index contributed by atoms with van der Waals surface area (Å²) in [6.45, 7) is 2.50. The van der Waals surface area contributed by atoms with Crippen molar-refractivity contribution >= 4 is 34.8 Å². The van der Waals surface area contributed by atoms with Crippen molar-refractivity contribution in [3.8, 4) is 11.3 Å². The lowest BCUT2D eigenvalue weighted by atomic mass is 10.1. The zero-order valence-electron chi connectivity index (χ0n) is 16.8. The molecular formula is C22H20ClN5O2S. The van der Waals surface area contributed by atoms with Crippen LogP contribution in [0.3, 0.4) is 0 Å². The SMILES string of the molecule is CCc1ccc(-c2cc3c(=O)[nH]nc(SCC(=O)NCc4ccc(Cl)cc4)n3n2)cc1. The van der Waals surface area contributed by atoms with Crippen LogP contribution >= 0.6 is 23.4 Å². The summed E-state index contributed by atoms with van der Waals surface area (Å²) in [5.74, 6) is -0.00842. The van der Waals surface area contributed by atoms with Gasteiger partial charge in [0, 0.05) is 17.1 Å². The summed E-state index contributed by atoms with van der Waals surface area (Å²) in [5.41, 5.74) is 3.83. The van der Waals surface area contributed by atoms with Crippen molar-refractivity contribution in [2.75, 3.05) is 5.75 Å². The number of fused-ring (bicyclic) bond motifs is 1. The van der Waals surface area contributed by atoms with E-state index in [1.807, 2.05) is 36.4 Å². The molecule has 0 radical (unpaired) electrons. The summed E-state index contributed by atoms with van der Waals surface area (Å²) in [4.78, 5) is 24.5. The molecule has 0 fully saturated rings. The monoisotopic (exact) mass is 453 g/mol. The minimum Gasteiger partial charge on any atom is -0.351 e. The van der Waals surface area contributed by atoms with Gasteiger partial charge in [-0.2, -0.15) is 5.10 Å². The van der Waals surface area contributed by atoms with E-state index in [0.29, 0.717) is 27.9 Å². The van der Waals surface area contributed by atoms with Crippen LogP contribution in [0.5, 0.6) is 0 Å². The number of halogens is 1. The van der Waals surface area contributed by atoms with Crippen LogP contribution in [0.25, 0.3) is 16.8 Å². The van der Waals surface area contributed by atoms with Gasteiger partial charge in [-0.1, -0.05) is 66.7 Å². The van der Waals surface area contributed by atoms with Gasteiger partial charge in [-0.3, -0.25) is 9.59 Å². The maximum absolute atomic E-state index is 12.3. The Morgan fingerprint density at radius 3 is 2.55 bits per heavy atom. The van der Waals surface area contributed by atoms with Crippen molar-refractivity contribution in [1.29, 1.82) is 0 Å². The molecule has 158 valence electrons. The Bertz CT molecular complexity index is 1270. The summed E-state index contributed by atoms with van der Waals surface area (Å²) >= 11 is 7.08. The molecule has 4 aromatic rings. The highest BCUT2D eigenvalue weighted by Gasteiger charge is 2.14. The van der Waals surface area contributed by atoms with Crippen molar-refractivity contribution in [1.82, 2.24) is 25.1 Å². The first-order valence-electron chi connectivity index (χ1n) is 9.75. The number of aromatic amines is 1. The second-order valence-electron chi connectivity index (χ2n) is 6.90. The number of hydrogen-bond acceptors (Lipinski definition) is 5. The molecule has 1 amide bonds. The molecular weight excluding hydrogens is 434 g/mol. The Kier molecular flexibility index (Phi) is 6.39. The van der Waals surface area contributed by atoms with Crippen molar-refractivity contribution in [2.24, 2.45) is 0 Å². The normalized spacial score (nSPS) is 11.0. The number of carbonyl (C=O) groups is 1. The average molecular weight is 454 g/mol. The van der Waals surface area contributed by atoms with E-state index < -0.39 is 0 Å². The van der Waals surface area contributed by atoms with Crippen LogP contribution in [0.15, 0.2) is 64.5 Å². The lowest BCUT2D eigenvalue weighted by molar-refractivity contribution is -0.118. The van der Waals surface area contributed by atoms with Gasteiger partial charge in [0.25, 0.3) is 5.56 Å². The fourth-order valence-corrected chi connectivity index (χ4v) is 3.88. The van der Waals surface area contributed by atoms with Crippen LogP contribution in [0.2, 0.25) is 5.02 Å². The fourth-order valence-electron chi connectivity index (χ4n) is 3.02. The molecule has 0 spiro atoms. The highest BCUT2D eigenvalue weighted by atomic mass is 35.5. The molecule has 0 atom stereocenters. The fraction of sp³-hybridized carbons (Fsp3) is 0.182. The van der Waals surface area contributed by atoms with E-state index in [-0.39, 0.29) is 17.2 Å². The zero-order valence-corrected chi connectivity index (χ0v) is 18.3. The molecule has 2 N–H and O–H groups in total. The van der Waals surface area contributed by atoms with Crippen LogP contribution in [-0.4, -0.2) is 31.5 Å². The standard InChI is InChI=1S/C22H20ClN5O2S/c1-2-14-3-7-16(8-4-14)18-11-19-21(30)25-26-22(28(19)27-18)31-13-20(29)24-12-15-5-9-17(23)10-6-15/h3-11H,2,12-13H2,1H3,(H,24,29)(H,25,30). The number of aryl methyl sites for hydroxylation is 1. The lowest BCUT2D eigenvalue weighted by Gasteiger charge is -2.06. The minimum absolute atomic E-state index is 0.141. The Morgan fingerprint density at radius 1 is 1.13 bits per heavy atom. The molecule has 31 heavy (non-hydrogen) atoms. The second-order valence-corrected chi connectivity index (χ2v) is 8.28. The van der Waals surface area contributed by atoms with Gasteiger partial charge in [-0.05, 0) is 35.7 Å². The van der Waals surface area contributed by atoms with E-state index in [1.165, 1.54) is 21.8 Å². The molecule has 0 saturated heterocycles. The van der Waals surface area contributed by atoms with Gasteiger partial charge in [0.15, 0.2) is 0 Å². The zero-order chi connectivity index (χ0) is 21.8. The van der Waals surface area contributed by atoms with Crippen LogP contribution in [-0.2, 0) is 17.8 Å². The summed E-state index contributed by atoms with van der Waals surface area (Å²) < 4.78 is 1.49. The average Bonchev–Trinajstić information content (AvgIpc) is 3.25. The molecule has 0 aliphatic rings. The van der Waals surface area contributed by atoms with Crippen LogP contribution < -0.4 is 10.9 Å². The van der Waals surface area contributed by atoms with Gasteiger partial charge in [0.1, 0.15) is 5.52 Å². The van der Waals surface area contributed by atoms with Gasteiger partial charge in [0.2, 0.25) is 11.1 Å². The lowest BCUT2D eigenvalue weighted by Crippen LogP contribution is -2.25. The van der Waals surface area contributed by atoms with E-state index in [4.69, 9.17) is 11.6 Å². The number of benzene rings is 2. The molecule has 7 nitrogen and oxygen atoms in total. The highest BCUT2D eigenvalue weighted by molar-refractivity contribution is 7.99. The molecule has 0 aliphatic heterocycles. The predicted molar refractivity (Wildman–Crippen MR) is 122 cm³/mol. The first kappa shape index (κ1) is 21.1. The molecule has 2 aromatic carbocycles. The largest absolute Gasteiger partial charge is 0.351 e. The third-order valence-corrected chi connectivity index (χ3v) is 5.95. The number of H-pyrrole nitrogens is 1. The van der Waals surface area contributed by atoms with E-state index in [9.17, 15) is 9.59 Å². The number of nitrogens with one attached hydrogen (secondary N) is 2. The first-order valence-corrected chi connectivity index (χ1v) is 11.1. The van der Waals surface area contributed by atoms with E-state index >= 15 is 0 Å². The number of aromatic nitrogens is 4. The van der Waals surface area contributed by atoms with Crippen molar-refractivity contribution in [2.45, 2.75) is 25.0 Å². The van der Waals surface area contributed by atoms with Gasteiger partial charge < -0.3 is 5.32 Å². The summed E-state index contributed by atoms with van der Waals surface area (Å²) in [7, 11) is 0. The Labute approximate surface area is 187 Å². The van der Waals surface area contributed by atoms with Gasteiger partial charge in [0.05, 0.1) is 11.4 Å². The highest BCUT2D eigenvalue weighted by Crippen LogP contribution is 2.22. The third kappa shape index (κ3) is 4.98. The van der Waals surface area contributed by atoms with Crippen LogP contribution in [0.1, 0.15) is 18.1 Å². The minimum atomic E-state index is -0.333. The first-order chi connectivity index (χ1) is 15.0. The number of thioether (sulfide) groups is 1. The van der Waals surface area contributed by atoms with E-state index in [0.717, 1.165) is 17.5 Å². The number of hydrogen-bond donors (Lipinski definition) is 2. The Morgan fingerprint density at radius 2 is 1.84 bits per heavy atom. The number of nitrogens with zero attached hydrogens (tertiary/aromatic N) is 3. The van der Waals surface area contributed by atoms with Crippen LogP contribution in [0.4, 0.5) is 0 Å². The maximum atomic E-state index is 12.3. The number of carbonyl (C=O) groups excluding carboxylic acids is 1. The van der Waals surface area contributed by atoms with Gasteiger partial charge >= 0.3 is 0 Å². The van der Waals surface area contributed by atoms with Crippen molar-refractivity contribution < 1.29 is 4.79 Å². The summed E-state index contributed by atoms with van der Waals surface area (Å²) in [6, 6.07) is 17.1. The maximum Gasteiger partial charge on any atom is 0.290 e. The van der Waals surface area contributed by atoms with Gasteiger partial charge in [-0.15, -0.1) is 5.10 Å². The molecule has 2 aromatic heterocycles. The van der Waals surface area contributed by atoms with Crippen molar-refractivity contribution in [3.05, 3.63) is 81.1 Å². The molecule has 4 rings (SSSR count). The Balaban J connectivity index is 1.47. The molecule has 2 heterocycles. The van der Waals surface area contributed by atoms with Crippen LogP contribution in [0, 0.1) is 0 Å². The smallest absolute Gasteiger partial charge is 0.290 e. The summed E-state index contributed by atoms with van der Waals surface area (Å²) in [5, 5.41) is 15.0. The molecule has 0 saturated carbocycles. The number of amides is 1. The van der Waals surface area contributed by atoms with Crippen molar-refractivity contribution in [3.63, 3.8) is 0 Å². The summed E-state index contributed by atoms with van der Waals surface area (Å²) in [6.07, 6.45) is 0.954.